The summed E-state index contributed by atoms with van der Waals surface area (Å²) in [5.41, 5.74) is 0. The molecule has 1 rings (SSSR count). The highest BCUT2D eigenvalue weighted by Gasteiger charge is 2.16. The maximum atomic E-state index is 11.7. The Balaban J connectivity index is 2.75. The summed E-state index contributed by atoms with van der Waals surface area (Å²) < 4.78 is 27.3. The molecule has 0 aliphatic rings. The van der Waals surface area contributed by atoms with E-state index < -0.39 is 10.0 Å². The lowest BCUT2D eigenvalue weighted by Crippen LogP contribution is -2.27. The number of sulfonamides is 1. The number of hydrogen-bond acceptors (Lipinski definition) is 4. The van der Waals surface area contributed by atoms with Gasteiger partial charge in [0.15, 0.2) is 0 Å². The predicted molar refractivity (Wildman–Crippen MR) is 57.9 cm³/mol. The Kier molecular flexibility index (Phi) is 4.04. The summed E-state index contributed by atoms with van der Waals surface area (Å²) in [7, 11) is -3.54. The van der Waals surface area contributed by atoms with Gasteiger partial charge in [0.05, 0.1) is 18.2 Å². The fourth-order valence-corrected chi connectivity index (χ4v) is 2.10. The summed E-state index contributed by atoms with van der Waals surface area (Å²) in [5.74, 6) is -0.351. The number of nitriles is 1. The number of aromatic nitrogens is 2. The summed E-state index contributed by atoms with van der Waals surface area (Å²) >= 11 is 0. The van der Waals surface area contributed by atoms with Crippen LogP contribution >= 0.6 is 0 Å². The molecule has 0 bridgehead atoms. The Morgan fingerprint density at radius 2 is 2.38 bits per heavy atom. The summed E-state index contributed by atoms with van der Waals surface area (Å²) in [6.45, 7) is 4.24. The molecule has 0 amide bonds. The van der Waals surface area contributed by atoms with Gasteiger partial charge in [-0.15, -0.1) is 0 Å². The fourth-order valence-electron chi connectivity index (χ4n) is 1.02. The first-order valence-corrected chi connectivity index (χ1v) is 6.39. The first-order chi connectivity index (χ1) is 7.49. The molecule has 7 heteroatoms. The van der Waals surface area contributed by atoms with Crippen LogP contribution in [0, 0.1) is 17.2 Å². The molecule has 0 fully saturated rings. The zero-order chi connectivity index (χ0) is 12.2. The summed E-state index contributed by atoms with van der Waals surface area (Å²) in [5, 5.41) is 12.4. The first kappa shape index (κ1) is 12.7. The van der Waals surface area contributed by atoms with Crippen LogP contribution < -0.4 is 4.72 Å². The molecule has 88 valence electrons. The molecule has 0 saturated heterocycles. The van der Waals surface area contributed by atoms with E-state index in [9.17, 15) is 8.42 Å². The summed E-state index contributed by atoms with van der Waals surface area (Å²) in [6, 6.07) is 1.96. The smallest absolute Gasteiger partial charge is 0.243 e. The average Bonchev–Trinajstić information content (AvgIpc) is 2.75. The standard InChI is InChI=1S/C9H14N4O2S/c1-3-13-7-9(6-11-13)16(14,15)12-5-8(2)4-10/h6-8,12H,3,5H2,1-2H3/t8-/m0/s1. The molecule has 0 aromatic carbocycles. The van der Waals surface area contributed by atoms with Crippen LogP contribution in [0.4, 0.5) is 0 Å². The van der Waals surface area contributed by atoms with Crippen molar-refractivity contribution in [2.75, 3.05) is 6.54 Å². The molecule has 0 spiro atoms. The monoisotopic (exact) mass is 242 g/mol. The third-order valence-corrected chi connectivity index (χ3v) is 3.42. The molecule has 16 heavy (non-hydrogen) atoms. The van der Waals surface area contributed by atoms with Crippen LogP contribution in [0.15, 0.2) is 17.3 Å². The third kappa shape index (κ3) is 3.05. The summed E-state index contributed by atoms with van der Waals surface area (Å²) in [6.07, 6.45) is 2.75. The number of rotatable bonds is 5. The minimum atomic E-state index is -3.54. The second-order valence-electron chi connectivity index (χ2n) is 3.41. The van der Waals surface area contributed by atoms with Crippen LogP contribution in [0.25, 0.3) is 0 Å². The fraction of sp³-hybridized carbons (Fsp3) is 0.556. The van der Waals surface area contributed by atoms with Crippen molar-refractivity contribution in [3.05, 3.63) is 12.4 Å². The van der Waals surface area contributed by atoms with Crippen LogP contribution in [0.5, 0.6) is 0 Å². The predicted octanol–water partition coefficient (Wildman–Crippen LogP) is 0.341. The highest BCUT2D eigenvalue weighted by atomic mass is 32.2. The Morgan fingerprint density at radius 3 is 2.88 bits per heavy atom. The SMILES string of the molecule is CCn1cc(S(=O)(=O)NC[C@@H](C)C#N)cn1. The Hall–Kier alpha value is -1.39. The second-order valence-corrected chi connectivity index (χ2v) is 5.18. The van der Waals surface area contributed by atoms with Crippen molar-refractivity contribution >= 4 is 10.0 Å². The Bertz CT molecular complexity index is 486. The topological polar surface area (TPSA) is 87.8 Å². The molecule has 6 nitrogen and oxygen atoms in total. The highest BCUT2D eigenvalue weighted by Crippen LogP contribution is 2.07. The maximum absolute atomic E-state index is 11.7. The summed E-state index contributed by atoms with van der Waals surface area (Å²) in [4.78, 5) is 0.125. The molecule has 0 saturated carbocycles. The van der Waals surface area contributed by atoms with Gasteiger partial charge in [0.25, 0.3) is 0 Å². The maximum Gasteiger partial charge on any atom is 0.243 e. The van der Waals surface area contributed by atoms with Gasteiger partial charge < -0.3 is 0 Å². The van der Waals surface area contributed by atoms with E-state index in [1.54, 1.807) is 6.92 Å². The zero-order valence-electron chi connectivity index (χ0n) is 9.21. The lowest BCUT2D eigenvalue weighted by atomic mass is 10.2. The largest absolute Gasteiger partial charge is 0.272 e. The molecular formula is C9H14N4O2S. The molecule has 0 aliphatic heterocycles. The van der Waals surface area contributed by atoms with Crippen molar-refractivity contribution in [3.63, 3.8) is 0 Å². The van der Waals surface area contributed by atoms with E-state index in [1.807, 2.05) is 13.0 Å². The lowest BCUT2D eigenvalue weighted by Gasteiger charge is -2.04. The van der Waals surface area contributed by atoms with Crippen molar-refractivity contribution in [1.29, 1.82) is 5.26 Å². The van der Waals surface area contributed by atoms with Crippen LogP contribution in [0.3, 0.4) is 0 Å². The van der Waals surface area contributed by atoms with Crippen LogP contribution in [-0.2, 0) is 16.6 Å². The highest BCUT2D eigenvalue weighted by molar-refractivity contribution is 7.89. The van der Waals surface area contributed by atoms with Crippen LogP contribution in [0.1, 0.15) is 13.8 Å². The Morgan fingerprint density at radius 1 is 1.69 bits per heavy atom. The number of aryl methyl sites for hydroxylation is 1. The minimum absolute atomic E-state index is 0.107. The van der Waals surface area contributed by atoms with Crippen LogP contribution in [0.2, 0.25) is 0 Å². The van der Waals surface area contributed by atoms with Crippen molar-refractivity contribution in [3.8, 4) is 6.07 Å². The zero-order valence-corrected chi connectivity index (χ0v) is 10.0. The molecule has 1 atom stereocenters. The van der Waals surface area contributed by atoms with Crippen molar-refractivity contribution in [2.24, 2.45) is 5.92 Å². The van der Waals surface area contributed by atoms with Gasteiger partial charge in [-0.1, -0.05) is 0 Å². The molecular weight excluding hydrogens is 228 g/mol. The lowest BCUT2D eigenvalue weighted by molar-refractivity contribution is 0.572. The third-order valence-electron chi connectivity index (χ3n) is 2.04. The van der Waals surface area contributed by atoms with Crippen LogP contribution in [-0.4, -0.2) is 24.7 Å². The molecule has 0 aliphatic carbocycles. The van der Waals surface area contributed by atoms with Gasteiger partial charge >= 0.3 is 0 Å². The number of nitrogens with one attached hydrogen (secondary N) is 1. The minimum Gasteiger partial charge on any atom is -0.272 e. The molecule has 1 aromatic rings. The molecule has 0 radical (unpaired) electrons. The van der Waals surface area contributed by atoms with E-state index in [4.69, 9.17) is 5.26 Å². The van der Waals surface area contributed by atoms with Crippen molar-refractivity contribution < 1.29 is 8.42 Å². The van der Waals surface area contributed by atoms with E-state index in [0.717, 1.165) is 0 Å². The Labute approximate surface area is 94.9 Å². The quantitative estimate of drug-likeness (QED) is 0.806. The van der Waals surface area contributed by atoms with E-state index in [0.29, 0.717) is 6.54 Å². The second kappa shape index (κ2) is 5.09. The van der Waals surface area contributed by atoms with Gasteiger partial charge in [0, 0.05) is 19.3 Å². The van der Waals surface area contributed by atoms with E-state index in [2.05, 4.69) is 9.82 Å². The van der Waals surface area contributed by atoms with Gasteiger partial charge in [-0.05, 0) is 13.8 Å². The normalized spacial score (nSPS) is 13.3. The van der Waals surface area contributed by atoms with Crippen molar-refractivity contribution in [2.45, 2.75) is 25.3 Å². The van der Waals surface area contributed by atoms with Gasteiger partial charge in [-0.25, -0.2) is 13.1 Å². The molecule has 0 unspecified atom stereocenters. The first-order valence-electron chi connectivity index (χ1n) is 4.91. The number of nitrogens with zero attached hydrogens (tertiary/aromatic N) is 3. The van der Waals surface area contributed by atoms with Gasteiger partial charge in [0.1, 0.15) is 4.90 Å². The molecule has 1 heterocycles. The number of hydrogen-bond donors (Lipinski definition) is 1. The van der Waals surface area contributed by atoms with Crippen molar-refractivity contribution in [1.82, 2.24) is 14.5 Å². The van der Waals surface area contributed by atoms with Gasteiger partial charge in [-0.3, -0.25) is 4.68 Å². The average molecular weight is 242 g/mol. The van der Waals surface area contributed by atoms with E-state index in [1.165, 1.54) is 17.1 Å². The molecule has 1 aromatic heterocycles. The molecule has 1 N–H and O–H groups in total. The van der Waals surface area contributed by atoms with E-state index in [-0.39, 0.29) is 17.4 Å². The van der Waals surface area contributed by atoms with Gasteiger partial charge in [0.2, 0.25) is 10.0 Å². The van der Waals surface area contributed by atoms with E-state index >= 15 is 0 Å². The van der Waals surface area contributed by atoms with Gasteiger partial charge in [-0.2, -0.15) is 10.4 Å².